The third kappa shape index (κ3) is 4.63. The van der Waals surface area contributed by atoms with E-state index in [0.29, 0.717) is 36.2 Å². The van der Waals surface area contributed by atoms with Crippen LogP contribution >= 0.6 is 0 Å². The average molecular weight is 420 g/mol. The molecule has 2 N–H and O–H groups in total. The second kappa shape index (κ2) is 8.78. The van der Waals surface area contributed by atoms with Crippen LogP contribution in [0.1, 0.15) is 82.6 Å². The molecule has 31 heavy (non-hydrogen) atoms. The van der Waals surface area contributed by atoms with Crippen molar-refractivity contribution in [3.63, 3.8) is 0 Å². The summed E-state index contributed by atoms with van der Waals surface area (Å²) < 4.78 is 3.97. The molecular weight excluding hydrogens is 382 g/mol. The van der Waals surface area contributed by atoms with Crippen molar-refractivity contribution in [3.05, 3.63) is 76.7 Å². The van der Waals surface area contributed by atoms with Gasteiger partial charge in [-0.15, -0.1) is 0 Å². The van der Waals surface area contributed by atoms with Gasteiger partial charge in [-0.2, -0.15) is 0 Å². The highest BCUT2D eigenvalue weighted by atomic mass is 16.3. The molecule has 0 fully saturated rings. The zero-order chi connectivity index (χ0) is 22.9. The molecule has 0 saturated heterocycles. The van der Waals surface area contributed by atoms with Crippen LogP contribution in [0.4, 0.5) is 0 Å². The maximum absolute atomic E-state index is 10.8. The Labute approximate surface area is 186 Å². The first-order chi connectivity index (χ1) is 14.5. The lowest BCUT2D eigenvalue weighted by molar-refractivity contribution is 0.438. The molecule has 0 radical (unpaired) electrons. The maximum Gasteiger partial charge on any atom is 0.206 e. The zero-order valence-electron chi connectivity index (χ0n) is 20.0. The predicted molar refractivity (Wildman–Crippen MR) is 128 cm³/mol. The molecule has 3 rings (SSSR count). The number of hydrogen-bond acceptors (Lipinski definition) is 2. The van der Waals surface area contributed by atoms with Crippen molar-refractivity contribution in [1.82, 2.24) is 9.13 Å². The monoisotopic (exact) mass is 419 g/mol. The summed E-state index contributed by atoms with van der Waals surface area (Å²) in [6.45, 7) is 15.8. The number of aryl methyl sites for hydroxylation is 2. The molecule has 0 saturated carbocycles. The zero-order valence-corrected chi connectivity index (χ0v) is 20.0. The number of hydrogen-bond donors (Lipinski definition) is 2. The van der Waals surface area contributed by atoms with Crippen LogP contribution in [0, 0.1) is 5.41 Å². The van der Waals surface area contributed by atoms with Crippen molar-refractivity contribution in [3.8, 4) is 11.4 Å². The summed E-state index contributed by atoms with van der Waals surface area (Å²) in [5, 5.41) is 19.7. The lowest BCUT2D eigenvalue weighted by atomic mass is 9.85. The van der Waals surface area contributed by atoms with Gasteiger partial charge in [0.15, 0.2) is 0 Å². The molecule has 4 nitrogen and oxygen atoms in total. The van der Waals surface area contributed by atoms with Crippen LogP contribution in [-0.4, -0.2) is 14.2 Å². The number of phenols is 1. The molecular formula is C27H37N3O. The van der Waals surface area contributed by atoms with Crippen LogP contribution in [0.25, 0.3) is 5.69 Å². The SMILES string of the molecule is CC(C)c1cccc(C(C)C)c1-n1ccn(CCc2cccc(C(C)(C)C)c2O)c1=N. The number of rotatable bonds is 6. The van der Waals surface area contributed by atoms with Crippen molar-refractivity contribution in [1.29, 1.82) is 5.41 Å². The third-order valence-electron chi connectivity index (χ3n) is 6.03. The van der Waals surface area contributed by atoms with Crippen molar-refractivity contribution < 1.29 is 5.11 Å². The highest BCUT2D eigenvalue weighted by Gasteiger charge is 2.20. The van der Waals surface area contributed by atoms with Crippen LogP contribution in [0.5, 0.6) is 5.75 Å². The lowest BCUT2D eigenvalue weighted by Crippen LogP contribution is -2.26. The summed E-state index contributed by atoms with van der Waals surface area (Å²) in [5.41, 5.74) is 5.90. The first kappa shape index (κ1) is 22.9. The Kier molecular flexibility index (Phi) is 6.49. The van der Waals surface area contributed by atoms with E-state index < -0.39 is 0 Å². The van der Waals surface area contributed by atoms with E-state index in [1.54, 1.807) is 0 Å². The molecule has 0 aliphatic heterocycles. The Morgan fingerprint density at radius 1 is 0.903 bits per heavy atom. The van der Waals surface area contributed by atoms with Gasteiger partial charge in [0.25, 0.3) is 0 Å². The van der Waals surface area contributed by atoms with Gasteiger partial charge < -0.3 is 9.67 Å². The van der Waals surface area contributed by atoms with E-state index in [1.165, 1.54) is 11.1 Å². The van der Waals surface area contributed by atoms with Gasteiger partial charge >= 0.3 is 0 Å². The molecule has 4 heteroatoms. The molecule has 1 aromatic heterocycles. The topological polar surface area (TPSA) is 53.9 Å². The molecule has 0 aliphatic carbocycles. The van der Waals surface area contributed by atoms with E-state index in [-0.39, 0.29) is 5.41 Å². The maximum atomic E-state index is 10.8. The van der Waals surface area contributed by atoms with Gasteiger partial charge in [-0.25, -0.2) is 0 Å². The largest absolute Gasteiger partial charge is 0.507 e. The second-order valence-corrected chi connectivity index (χ2v) is 10.1. The molecule has 3 aromatic rings. The number of aromatic nitrogens is 2. The Morgan fingerprint density at radius 2 is 1.48 bits per heavy atom. The van der Waals surface area contributed by atoms with Crippen molar-refractivity contribution in [2.75, 3.05) is 0 Å². The van der Waals surface area contributed by atoms with Crippen molar-refractivity contribution in [2.45, 2.75) is 78.7 Å². The van der Waals surface area contributed by atoms with E-state index in [4.69, 9.17) is 5.41 Å². The molecule has 166 valence electrons. The normalized spacial score (nSPS) is 12.2. The van der Waals surface area contributed by atoms with Gasteiger partial charge in [-0.1, -0.05) is 84.9 Å². The summed E-state index contributed by atoms with van der Waals surface area (Å²) in [7, 11) is 0. The Bertz CT molecular complexity index is 1080. The minimum atomic E-state index is -0.106. The fourth-order valence-corrected chi connectivity index (χ4v) is 4.22. The fraction of sp³-hybridized carbons (Fsp3) is 0.444. The number of para-hydroxylation sites is 2. The summed E-state index contributed by atoms with van der Waals surface area (Å²) in [6.07, 6.45) is 4.66. The van der Waals surface area contributed by atoms with Crippen LogP contribution in [0.15, 0.2) is 48.8 Å². The highest BCUT2D eigenvalue weighted by molar-refractivity contribution is 5.51. The van der Waals surface area contributed by atoms with E-state index in [1.807, 2.05) is 39.7 Å². The van der Waals surface area contributed by atoms with Gasteiger partial charge in [0, 0.05) is 18.9 Å². The first-order valence-electron chi connectivity index (χ1n) is 11.3. The summed E-state index contributed by atoms with van der Waals surface area (Å²) in [5.74, 6) is 1.14. The average Bonchev–Trinajstić information content (AvgIpc) is 3.05. The first-order valence-corrected chi connectivity index (χ1v) is 11.3. The number of benzene rings is 2. The molecule has 0 amide bonds. The smallest absolute Gasteiger partial charge is 0.206 e. The van der Waals surface area contributed by atoms with Gasteiger partial charge in [-0.05, 0) is 45.9 Å². The molecule has 0 unspecified atom stereocenters. The molecule has 0 bridgehead atoms. The van der Waals surface area contributed by atoms with Gasteiger partial charge in [-0.3, -0.25) is 9.98 Å². The number of nitrogens with one attached hydrogen (secondary N) is 1. The van der Waals surface area contributed by atoms with E-state index >= 15 is 0 Å². The van der Waals surface area contributed by atoms with Crippen molar-refractivity contribution >= 4 is 0 Å². The summed E-state index contributed by atoms with van der Waals surface area (Å²) in [4.78, 5) is 0. The van der Waals surface area contributed by atoms with Gasteiger partial charge in [0.05, 0.1) is 5.69 Å². The van der Waals surface area contributed by atoms with E-state index in [0.717, 1.165) is 16.8 Å². The lowest BCUT2D eigenvalue weighted by Gasteiger charge is -2.22. The molecule has 0 spiro atoms. The summed E-state index contributed by atoms with van der Waals surface area (Å²) >= 11 is 0. The van der Waals surface area contributed by atoms with Crippen molar-refractivity contribution in [2.24, 2.45) is 0 Å². The van der Waals surface area contributed by atoms with Crippen LogP contribution in [0.3, 0.4) is 0 Å². The van der Waals surface area contributed by atoms with E-state index in [9.17, 15) is 5.11 Å². The highest BCUT2D eigenvalue weighted by Crippen LogP contribution is 2.33. The third-order valence-corrected chi connectivity index (χ3v) is 6.03. The van der Waals surface area contributed by atoms with Crippen LogP contribution in [-0.2, 0) is 18.4 Å². The second-order valence-electron chi connectivity index (χ2n) is 10.1. The Morgan fingerprint density at radius 3 is 2.03 bits per heavy atom. The minimum Gasteiger partial charge on any atom is -0.507 e. The van der Waals surface area contributed by atoms with E-state index in [2.05, 4.69) is 66.7 Å². The van der Waals surface area contributed by atoms with Crippen LogP contribution in [0.2, 0.25) is 0 Å². The number of imidazole rings is 1. The van der Waals surface area contributed by atoms with Gasteiger partial charge in [0.2, 0.25) is 5.62 Å². The number of nitrogens with zero attached hydrogens (tertiary/aromatic N) is 2. The minimum absolute atomic E-state index is 0.106. The van der Waals surface area contributed by atoms with Gasteiger partial charge in [0.1, 0.15) is 5.75 Å². The molecule has 1 heterocycles. The Hall–Kier alpha value is -2.75. The Balaban J connectivity index is 1.96. The molecule has 0 atom stereocenters. The molecule has 2 aromatic carbocycles. The quantitative estimate of drug-likeness (QED) is 0.487. The predicted octanol–water partition coefficient (Wildman–Crippen LogP) is 6.25. The number of phenolic OH excluding ortho intramolecular Hbond substituents is 1. The van der Waals surface area contributed by atoms with Crippen LogP contribution < -0.4 is 5.62 Å². The number of aromatic hydroxyl groups is 1. The fourth-order valence-electron chi connectivity index (χ4n) is 4.22. The standard InChI is InChI=1S/C27H37N3O/c1-18(2)21-11-9-12-22(19(3)4)24(21)30-17-16-29(26(30)28)15-14-20-10-8-13-23(25(20)31)27(5,6)7/h8-13,16-19,28,31H,14-15H2,1-7H3. The molecule has 0 aliphatic rings. The summed E-state index contributed by atoms with van der Waals surface area (Å²) in [6, 6.07) is 12.5.